The molecule has 0 aromatic heterocycles. The molecule has 0 atom stereocenters. The van der Waals surface area contributed by atoms with Crippen molar-refractivity contribution in [2.24, 2.45) is 0 Å². The number of para-hydroxylation sites is 1. The van der Waals surface area contributed by atoms with Gasteiger partial charge < -0.3 is 9.47 Å². The Hall–Kier alpha value is -3.55. The molecule has 31 heavy (non-hydrogen) atoms. The summed E-state index contributed by atoms with van der Waals surface area (Å²) in [5.74, 6) is -1.83. The SMILES string of the molecule is O=C(c1ccccc1)c1ccc(C(=O)NN2CCOCC2)c(Oc2ccccc2)c1F. The van der Waals surface area contributed by atoms with Gasteiger partial charge >= 0.3 is 0 Å². The fraction of sp³-hybridized carbons (Fsp3) is 0.167. The molecular formula is C24H21FN2O4. The van der Waals surface area contributed by atoms with E-state index in [0.29, 0.717) is 37.6 Å². The summed E-state index contributed by atoms with van der Waals surface area (Å²) in [6, 6.07) is 19.7. The maximum absolute atomic E-state index is 15.5. The van der Waals surface area contributed by atoms with Crippen LogP contribution in [-0.2, 0) is 4.74 Å². The van der Waals surface area contributed by atoms with E-state index < -0.39 is 17.5 Å². The Balaban J connectivity index is 1.70. The molecule has 0 bridgehead atoms. The van der Waals surface area contributed by atoms with E-state index in [1.54, 1.807) is 65.7 Å². The van der Waals surface area contributed by atoms with E-state index >= 15 is 4.39 Å². The first kappa shape index (κ1) is 20.7. The van der Waals surface area contributed by atoms with E-state index in [1.165, 1.54) is 12.1 Å². The predicted octanol–water partition coefficient (Wildman–Crippen LogP) is 3.83. The summed E-state index contributed by atoms with van der Waals surface area (Å²) in [5.41, 5.74) is 2.93. The van der Waals surface area contributed by atoms with Crippen molar-refractivity contribution in [2.75, 3.05) is 26.3 Å². The maximum atomic E-state index is 15.5. The van der Waals surface area contributed by atoms with Gasteiger partial charge in [0.25, 0.3) is 5.91 Å². The first-order valence-electron chi connectivity index (χ1n) is 9.92. The van der Waals surface area contributed by atoms with Crippen molar-refractivity contribution in [3.8, 4) is 11.5 Å². The molecular weight excluding hydrogens is 399 g/mol. The molecule has 1 aliphatic heterocycles. The second-order valence-corrected chi connectivity index (χ2v) is 6.95. The van der Waals surface area contributed by atoms with Gasteiger partial charge in [-0.3, -0.25) is 15.0 Å². The lowest BCUT2D eigenvalue weighted by Crippen LogP contribution is -2.48. The molecule has 1 fully saturated rings. The van der Waals surface area contributed by atoms with Crippen molar-refractivity contribution >= 4 is 11.7 Å². The number of nitrogens with one attached hydrogen (secondary N) is 1. The Bertz CT molecular complexity index is 1070. The summed E-state index contributed by atoms with van der Waals surface area (Å²) in [6.07, 6.45) is 0. The quantitative estimate of drug-likeness (QED) is 0.614. The minimum Gasteiger partial charge on any atom is -0.453 e. The van der Waals surface area contributed by atoms with Gasteiger partial charge in [-0.2, -0.15) is 0 Å². The topological polar surface area (TPSA) is 67.9 Å². The minimum atomic E-state index is -0.882. The number of nitrogens with zero attached hydrogens (tertiary/aromatic N) is 1. The van der Waals surface area contributed by atoms with Gasteiger partial charge in [0.1, 0.15) is 5.75 Å². The van der Waals surface area contributed by atoms with Gasteiger partial charge in [0.2, 0.25) is 0 Å². The van der Waals surface area contributed by atoms with E-state index in [2.05, 4.69) is 5.43 Å². The molecule has 0 saturated carbocycles. The van der Waals surface area contributed by atoms with Gasteiger partial charge in [-0.15, -0.1) is 0 Å². The normalized spacial score (nSPS) is 14.1. The maximum Gasteiger partial charge on any atom is 0.269 e. The summed E-state index contributed by atoms with van der Waals surface area (Å²) < 4.78 is 26.6. The summed E-state index contributed by atoms with van der Waals surface area (Å²) in [6.45, 7) is 2.03. The highest BCUT2D eigenvalue weighted by atomic mass is 19.1. The number of ketones is 1. The molecule has 3 aromatic rings. The Morgan fingerprint density at radius 1 is 0.871 bits per heavy atom. The van der Waals surface area contributed by atoms with Crippen LogP contribution in [0.3, 0.4) is 0 Å². The fourth-order valence-electron chi connectivity index (χ4n) is 3.24. The molecule has 158 valence electrons. The second kappa shape index (κ2) is 9.51. The van der Waals surface area contributed by atoms with Crippen LogP contribution < -0.4 is 10.2 Å². The van der Waals surface area contributed by atoms with Crippen LogP contribution in [0.5, 0.6) is 11.5 Å². The Morgan fingerprint density at radius 3 is 2.16 bits per heavy atom. The summed E-state index contributed by atoms with van der Waals surface area (Å²) >= 11 is 0. The summed E-state index contributed by atoms with van der Waals surface area (Å²) in [4.78, 5) is 25.8. The van der Waals surface area contributed by atoms with Crippen molar-refractivity contribution in [3.05, 3.63) is 95.3 Å². The number of carbonyl (C=O) groups is 2. The third kappa shape index (κ3) is 4.79. The number of hydrogen-bond donors (Lipinski definition) is 1. The average molecular weight is 420 g/mol. The molecule has 4 rings (SSSR count). The Kier molecular flexibility index (Phi) is 6.35. The number of hydrazine groups is 1. The zero-order chi connectivity index (χ0) is 21.6. The van der Waals surface area contributed by atoms with Gasteiger partial charge in [0.05, 0.1) is 24.3 Å². The number of rotatable bonds is 6. The van der Waals surface area contributed by atoms with Gasteiger partial charge in [-0.25, -0.2) is 9.40 Å². The van der Waals surface area contributed by atoms with Crippen LogP contribution in [0.1, 0.15) is 26.3 Å². The van der Waals surface area contributed by atoms with Gasteiger partial charge in [-0.05, 0) is 24.3 Å². The van der Waals surface area contributed by atoms with Crippen LogP contribution in [0.4, 0.5) is 4.39 Å². The fourth-order valence-corrected chi connectivity index (χ4v) is 3.24. The number of morpholine rings is 1. The third-order valence-corrected chi connectivity index (χ3v) is 4.86. The third-order valence-electron chi connectivity index (χ3n) is 4.86. The molecule has 0 aliphatic carbocycles. The minimum absolute atomic E-state index is 0.00236. The lowest BCUT2D eigenvalue weighted by Gasteiger charge is -2.27. The number of amides is 1. The highest BCUT2D eigenvalue weighted by Gasteiger charge is 2.25. The number of carbonyl (C=O) groups excluding carboxylic acids is 2. The molecule has 6 nitrogen and oxygen atoms in total. The summed E-state index contributed by atoms with van der Waals surface area (Å²) in [7, 11) is 0. The molecule has 1 aliphatic rings. The van der Waals surface area contributed by atoms with Crippen LogP contribution in [0, 0.1) is 5.82 Å². The van der Waals surface area contributed by atoms with Crippen LogP contribution >= 0.6 is 0 Å². The van der Waals surface area contributed by atoms with E-state index in [1.807, 2.05) is 0 Å². The van der Waals surface area contributed by atoms with E-state index in [0.717, 1.165) is 0 Å². The van der Waals surface area contributed by atoms with Crippen molar-refractivity contribution in [3.63, 3.8) is 0 Å². The van der Waals surface area contributed by atoms with Crippen LogP contribution in [0.2, 0.25) is 0 Å². The van der Waals surface area contributed by atoms with Crippen molar-refractivity contribution in [1.29, 1.82) is 0 Å². The van der Waals surface area contributed by atoms with Gasteiger partial charge in [-0.1, -0.05) is 48.5 Å². The molecule has 3 aromatic carbocycles. The predicted molar refractivity (Wildman–Crippen MR) is 113 cm³/mol. The van der Waals surface area contributed by atoms with Gasteiger partial charge in [0.15, 0.2) is 17.3 Å². The van der Waals surface area contributed by atoms with E-state index in [9.17, 15) is 9.59 Å². The monoisotopic (exact) mass is 420 g/mol. The second-order valence-electron chi connectivity index (χ2n) is 6.95. The molecule has 0 radical (unpaired) electrons. The highest BCUT2D eigenvalue weighted by molar-refractivity contribution is 6.10. The van der Waals surface area contributed by atoms with Crippen LogP contribution in [0.15, 0.2) is 72.8 Å². The van der Waals surface area contributed by atoms with Crippen molar-refractivity contribution < 1.29 is 23.5 Å². The molecule has 0 spiro atoms. The first-order chi connectivity index (χ1) is 15.1. The standard InChI is InChI=1S/C24H21FN2O4/c25-21-19(22(28)17-7-3-1-4-8-17)11-12-20(23(21)31-18-9-5-2-6-10-18)24(29)26-27-13-15-30-16-14-27/h1-12H,13-16H2,(H,26,29). The zero-order valence-electron chi connectivity index (χ0n) is 16.7. The highest BCUT2D eigenvalue weighted by Crippen LogP contribution is 2.32. The molecule has 7 heteroatoms. The van der Waals surface area contributed by atoms with E-state index in [-0.39, 0.29) is 16.9 Å². The van der Waals surface area contributed by atoms with E-state index in [4.69, 9.17) is 9.47 Å². The largest absolute Gasteiger partial charge is 0.453 e. The van der Waals surface area contributed by atoms with Crippen LogP contribution in [-0.4, -0.2) is 43.0 Å². The van der Waals surface area contributed by atoms with Gasteiger partial charge in [0, 0.05) is 18.7 Å². The number of ether oxygens (including phenoxy) is 2. The molecule has 1 heterocycles. The van der Waals surface area contributed by atoms with Crippen molar-refractivity contribution in [1.82, 2.24) is 10.4 Å². The van der Waals surface area contributed by atoms with Crippen molar-refractivity contribution in [2.45, 2.75) is 0 Å². The Labute approximate surface area is 179 Å². The smallest absolute Gasteiger partial charge is 0.269 e. The average Bonchev–Trinajstić information content (AvgIpc) is 2.82. The number of benzene rings is 3. The number of halogens is 1. The Morgan fingerprint density at radius 2 is 1.48 bits per heavy atom. The summed E-state index contributed by atoms with van der Waals surface area (Å²) in [5, 5.41) is 1.71. The molecule has 1 N–H and O–H groups in total. The van der Waals surface area contributed by atoms with Crippen LogP contribution in [0.25, 0.3) is 0 Å². The zero-order valence-corrected chi connectivity index (χ0v) is 16.7. The molecule has 1 saturated heterocycles. The molecule has 1 amide bonds. The lowest BCUT2D eigenvalue weighted by molar-refractivity contribution is 0.0125. The lowest BCUT2D eigenvalue weighted by atomic mass is 10.00. The number of hydrogen-bond acceptors (Lipinski definition) is 5. The first-order valence-corrected chi connectivity index (χ1v) is 9.92. The molecule has 0 unspecified atom stereocenters.